The van der Waals surface area contributed by atoms with Crippen molar-refractivity contribution in [2.45, 2.75) is 6.42 Å². The van der Waals surface area contributed by atoms with E-state index in [0.717, 1.165) is 17.0 Å². The number of aliphatic carboxylic acids is 1. The highest BCUT2D eigenvalue weighted by Gasteiger charge is 2.11. The Kier molecular flexibility index (Phi) is 4.63. The summed E-state index contributed by atoms with van der Waals surface area (Å²) in [5.41, 5.74) is 2.12. The SMILES string of the molecule is COc1ccc(Cc2cc(C(=O)/C=C(\O)C(=O)O)c[nH]2)cc1. The van der Waals surface area contributed by atoms with Gasteiger partial charge < -0.3 is 19.9 Å². The first kappa shape index (κ1) is 15.4. The number of ketones is 1. The Balaban J connectivity index is 2.09. The molecule has 1 heterocycles. The predicted octanol–water partition coefficient (Wildman–Crippen LogP) is 2.32. The molecule has 6 nitrogen and oxygen atoms in total. The number of rotatable bonds is 6. The van der Waals surface area contributed by atoms with E-state index in [9.17, 15) is 9.59 Å². The van der Waals surface area contributed by atoms with Crippen LogP contribution < -0.4 is 4.74 Å². The first-order valence-corrected chi connectivity index (χ1v) is 6.48. The first-order valence-electron chi connectivity index (χ1n) is 6.48. The molecule has 0 aliphatic rings. The van der Waals surface area contributed by atoms with Crippen LogP contribution in [0.4, 0.5) is 0 Å². The lowest BCUT2D eigenvalue weighted by Gasteiger charge is -2.02. The molecular weight excluding hydrogens is 286 g/mol. The maximum absolute atomic E-state index is 11.8. The average molecular weight is 301 g/mol. The maximum atomic E-state index is 11.8. The number of allylic oxidation sites excluding steroid dienone is 1. The highest BCUT2D eigenvalue weighted by atomic mass is 16.5. The number of methoxy groups -OCH3 is 1. The zero-order valence-electron chi connectivity index (χ0n) is 11.9. The lowest BCUT2D eigenvalue weighted by molar-refractivity contribution is -0.135. The molecule has 0 saturated carbocycles. The molecule has 6 heteroatoms. The summed E-state index contributed by atoms with van der Waals surface area (Å²) in [5, 5.41) is 17.6. The number of nitrogens with one attached hydrogen (secondary N) is 1. The van der Waals surface area contributed by atoms with Crippen LogP contribution in [0.25, 0.3) is 0 Å². The minimum atomic E-state index is -1.54. The average Bonchev–Trinajstić information content (AvgIpc) is 2.96. The number of benzene rings is 1. The summed E-state index contributed by atoms with van der Waals surface area (Å²) < 4.78 is 5.08. The number of carbonyl (C=O) groups excluding carboxylic acids is 1. The van der Waals surface area contributed by atoms with E-state index in [2.05, 4.69) is 4.98 Å². The molecule has 0 atom stereocenters. The Labute approximate surface area is 126 Å². The largest absolute Gasteiger partial charge is 0.502 e. The number of hydrogen-bond donors (Lipinski definition) is 3. The van der Waals surface area contributed by atoms with Gasteiger partial charge in [0.15, 0.2) is 5.78 Å². The Morgan fingerprint density at radius 1 is 1.23 bits per heavy atom. The molecule has 0 spiro atoms. The molecule has 0 aliphatic carbocycles. The van der Waals surface area contributed by atoms with Crippen molar-refractivity contribution in [1.29, 1.82) is 0 Å². The van der Waals surface area contributed by atoms with E-state index in [4.69, 9.17) is 14.9 Å². The summed E-state index contributed by atoms with van der Waals surface area (Å²) >= 11 is 0. The van der Waals surface area contributed by atoms with Gasteiger partial charge in [0.25, 0.3) is 0 Å². The minimum absolute atomic E-state index is 0.288. The van der Waals surface area contributed by atoms with Gasteiger partial charge in [0.2, 0.25) is 5.76 Å². The molecular formula is C16H15NO5. The van der Waals surface area contributed by atoms with Crippen molar-refractivity contribution >= 4 is 11.8 Å². The highest BCUT2D eigenvalue weighted by molar-refractivity contribution is 6.07. The van der Waals surface area contributed by atoms with Crippen LogP contribution in [0.15, 0.2) is 48.4 Å². The van der Waals surface area contributed by atoms with Gasteiger partial charge in [-0.15, -0.1) is 0 Å². The maximum Gasteiger partial charge on any atom is 0.371 e. The van der Waals surface area contributed by atoms with Crippen molar-refractivity contribution in [1.82, 2.24) is 4.98 Å². The number of carbonyl (C=O) groups is 2. The van der Waals surface area contributed by atoms with Crippen LogP contribution in [0.2, 0.25) is 0 Å². The van der Waals surface area contributed by atoms with Gasteiger partial charge in [0, 0.05) is 30.0 Å². The second-order valence-corrected chi connectivity index (χ2v) is 4.64. The molecule has 2 aromatic rings. The van der Waals surface area contributed by atoms with E-state index in [-0.39, 0.29) is 5.56 Å². The van der Waals surface area contributed by atoms with E-state index in [1.54, 1.807) is 13.2 Å². The summed E-state index contributed by atoms with van der Waals surface area (Å²) in [4.78, 5) is 25.2. The fraction of sp³-hybridized carbons (Fsp3) is 0.125. The lowest BCUT2D eigenvalue weighted by atomic mass is 10.1. The first-order chi connectivity index (χ1) is 10.5. The molecule has 0 amide bonds. The van der Waals surface area contributed by atoms with Gasteiger partial charge in [-0.25, -0.2) is 4.79 Å². The summed E-state index contributed by atoms with van der Waals surface area (Å²) in [6, 6.07) is 9.14. The van der Waals surface area contributed by atoms with Gasteiger partial charge in [0.05, 0.1) is 7.11 Å². The van der Waals surface area contributed by atoms with Gasteiger partial charge in [-0.3, -0.25) is 4.79 Å². The predicted molar refractivity (Wildman–Crippen MR) is 79.3 cm³/mol. The number of carboxylic acid groups (broad SMARTS) is 1. The van der Waals surface area contributed by atoms with Crippen LogP contribution in [0.3, 0.4) is 0 Å². The number of aliphatic hydroxyl groups is 1. The van der Waals surface area contributed by atoms with Gasteiger partial charge in [-0.2, -0.15) is 0 Å². The van der Waals surface area contributed by atoms with Gasteiger partial charge in [-0.1, -0.05) is 12.1 Å². The van der Waals surface area contributed by atoms with Gasteiger partial charge >= 0.3 is 5.97 Å². The molecule has 2 rings (SSSR count). The standard InChI is InChI=1S/C16H15NO5/c1-22-13-4-2-10(3-5-13)6-12-7-11(9-17-12)14(18)8-15(19)16(20)21/h2-5,7-9,17,19H,6H2,1H3,(H,20,21)/b15-8-. The number of aromatic nitrogens is 1. The van der Waals surface area contributed by atoms with Crippen molar-refractivity contribution < 1.29 is 24.5 Å². The van der Waals surface area contributed by atoms with Gasteiger partial charge in [0.1, 0.15) is 5.75 Å². The van der Waals surface area contributed by atoms with E-state index in [1.807, 2.05) is 24.3 Å². The van der Waals surface area contributed by atoms with Crippen molar-refractivity contribution in [3.8, 4) is 5.75 Å². The van der Waals surface area contributed by atoms with Crippen LogP contribution in [-0.2, 0) is 11.2 Å². The fourth-order valence-corrected chi connectivity index (χ4v) is 1.92. The number of aliphatic hydroxyl groups excluding tert-OH is 1. The quantitative estimate of drug-likeness (QED) is 0.432. The van der Waals surface area contributed by atoms with E-state index in [1.165, 1.54) is 6.20 Å². The number of ether oxygens (including phenoxy) is 1. The topological polar surface area (TPSA) is 99.6 Å². The van der Waals surface area contributed by atoms with Crippen molar-refractivity contribution in [3.05, 3.63) is 65.2 Å². The van der Waals surface area contributed by atoms with Crippen LogP contribution in [0.1, 0.15) is 21.6 Å². The molecule has 0 saturated heterocycles. The monoisotopic (exact) mass is 301 g/mol. The molecule has 114 valence electrons. The van der Waals surface area contributed by atoms with Crippen LogP contribution >= 0.6 is 0 Å². The Morgan fingerprint density at radius 3 is 2.50 bits per heavy atom. The molecule has 1 aromatic carbocycles. The van der Waals surface area contributed by atoms with Crippen LogP contribution in [0, 0.1) is 0 Å². The third kappa shape index (κ3) is 3.76. The number of hydrogen-bond acceptors (Lipinski definition) is 4. The molecule has 0 unspecified atom stereocenters. The van der Waals surface area contributed by atoms with Crippen molar-refractivity contribution in [2.75, 3.05) is 7.11 Å². The third-order valence-corrected chi connectivity index (χ3v) is 3.07. The second kappa shape index (κ2) is 6.62. The molecule has 1 aromatic heterocycles. The van der Waals surface area contributed by atoms with E-state index in [0.29, 0.717) is 12.5 Å². The summed E-state index contributed by atoms with van der Waals surface area (Å²) in [6.45, 7) is 0. The summed E-state index contributed by atoms with van der Waals surface area (Å²) in [7, 11) is 1.60. The summed E-state index contributed by atoms with van der Waals surface area (Å²) in [5.74, 6) is -2.33. The van der Waals surface area contributed by atoms with Crippen LogP contribution in [0.5, 0.6) is 5.75 Å². The molecule has 22 heavy (non-hydrogen) atoms. The normalized spacial score (nSPS) is 11.2. The number of H-pyrrole nitrogens is 1. The smallest absolute Gasteiger partial charge is 0.371 e. The van der Waals surface area contributed by atoms with Crippen molar-refractivity contribution in [2.24, 2.45) is 0 Å². The third-order valence-electron chi connectivity index (χ3n) is 3.07. The molecule has 0 aliphatic heterocycles. The highest BCUT2D eigenvalue weighted by Crippen LogP contribution is 2.15. The number of aromatic amines is 1. The van der Waals surface area contributed by atoms with Gasteiger partial charge in [-0.05, 0) is 23.8 Å². The molecule has 0 bridgehead atoms. The Bertz CT molecular complexity index is 712. The Morgan fingerprint density at radius 2 is 1.91 bits per heavy atom. The Hall–Kier alpha value is -3.02. The van der Waals surface area contributed by atoms with E-state index < -0.39 is 17.5 Å². The summed E-state index contributed by atoms with van der Waals surface area (Å²) in [6.07, 6.45) is 2.75. The zero-order chi connectivity index (χ0) is 16.1. The van der Waals surface area contributed by atoms with E-state index >= 15 is 0 Å². The minimum Gasteiger partial charge on any atom is -0.502 e. The lowest BCUT2D eigenvalue weighted by Crippen LogP contribution is -2.03. The van der Waals surface area contributed by atoms with Crippen molar-refractivity contribution in [3.63, 3.8) is 0 Å². The second-order valence-electron chi connectivity index (χ2n) is 4.64. The fourth-order valence-electron chi connectivity index (χ4n) is 1.92. The molecule has 0 fully saturated rings. The molecule has 3 N–H and O–H groups in total. The van der Waals surface area contributed by atoms with Crippen LogP contribution in [-0.4, -0.2) is 34.1 Å². The zero-order valence-corrected chi connectivity index (χ0v) is 11.9. The number of carboxylic acids is 1. The molecule has 0 radical (unpaired) electrons.